The van der Waals surface area contributed by atoms with Crippen LogP contribution in [0, 0.1) is 0 Å². The number of hydrogen-bond acceptors (Lipinski definition) is 0. The molecule has 0 nitrogen and oxygen atoms in total. The third-order valence-electron chi connectivity index (χ3n) is 1.76. The smallest absolute Gasteiger partial charge is 0.124 e. The van der Waals surface area contributed by atoms with Gasteiger partial charge in [-0.15, -0.1) is 21.8 Å². The van der Waals surface area contributed by atoms with Gasteiger partial charge in [0.25, 0.3) is 0 Å². The highest BCUT2D eigenvalue weighted by Gasteiger charge is 2.11. The van der Waals surface area contributed by atoms with Crippen LogP contribution in [0.3, 0.4) is 0 Å². The summed E-state index contributed by atoms with van der Waals surface area (Å²) in [7, 11) is 1.18. The summed E-state index contributed by atoms with van der Waals surface area (Å²) in [5.74, 6) is 0. The van der Waals surface area contributed by atoms with Crippen LogP contribution in [0.2, 0.25) is 5.54 Å². The molecule has 1 saturated carbocycles. The van der Waals surface area contributed by atoms with Gasteiger partial charge in [0.05, 0.1) is 0 Å². The lowest BCUT2D eigenvalue weighted by molar-refractivity contribution is 0.504. The van der Waals surface area contributed by atoms with Crippen LogP contribution in [0.4, 0.5) is 0 Å². The normalized spacial score (nSPS) is 23.6. The molecule has 0 amide bonds. The fourth-order valence-corrected chi connectivity index (χ4v) is 3.71. The summed E-state index contributed by atoms with van der Waals surface area (Å²) in [5, 5.41) is 0. The highest BCUT2D eigenvalue weighted by Crippen LogP contribution is 2.28. The van der Waals surface area contributed by atoms with E-state index in [2.05, 4.69) is 21.8 Å². The van der Waals surface area contributed by atoms with Gasteiger partial charge in [-0.2, -0.15) is 0 Å². The Balaban J connectivity index is 2.13. The van der Waals surface area contributed by atoms with Gasteiger partial charge in [0.2, 0.25) is 0 Å². The topological polar surface area (TPSA) is 0 Å². The molecule has 2 radical (unpaired) electrons. The van der Waals surface area contributed by atoms with E-state index in [0.29, 0.717) is 0 Å². The minimum absolute atomic E-state index is 1.10. The second-order valence-corrected chi connectivity index (χ2v) is 5.35. The number of rotatable bonds is 1. The van der Waals surface area contributed by atoms with Gasteiger partial charge in [-0.3, -0.25) is 0 Å². The van der Waals surface area contributed by atoms with Crippen molar-refractivity contribution in [2.24, 2.45) is 0 Å². The molecule has 46 valence electrons. The van der Waals surface area contributed by atoms with Gasteiger partial charge in [0.1, 0.15) is 7.02 Å². The molecule has 0 saturated heterocycles. The van der Waals surface area contributed by atoms with Crippen LogP contribution in [0.1, 0.15) is 32.1 Å². The molecule has 0 aromatic carbocycles. The quantitative estimate of drug-likeness (QED) is 0.374. The summed E-state index contributed by atoms with van der Waals surface area (Å²) in [6.07, 6.45) is 7.53. The zero-order valence-corrected chi connectivity index (χ0v) is 8.15. The first kappa shape index (κ1) is 7.06. The van der Waals surface area contributed by atoms with E-state index in [9.17, 15) is 0 Å². The van der Waals surface area contributed by atoms with Crippen molar-refractivity contribution in [2.45, 2.75) is 37.6 Å². The largest absolute Gasteiger partial charge is 0.134 e. The molecule has 2 heteroatoms. The van der Waals surface area contributed by atoms with Crippen molar-refractivity contribution in [1.82, 2.24) is 0 Å². The van der Waals surface area contributed by atoms with E-state index < -0.39 is 0 Å². The van der Waals surface area contributed by atoms with Crippen LogP contribution in [-0.4, -0.2) is 7.02 Å². The molecule has 0 aromatic rings. The van der Waals surface area contributed by atoms with Gasteiger partial charge < -0.3 is 0 Å². The molecular weight excluding hydrogens is 227 g/mol. The average molecular weight is 238 g/mol. The zero-order valence-electron chi connectivity index (χ0n) is 4.99. The van der Waals surface area contributed by atoms with Crippen LogP contribution in [0.25, 0.3) is 0 Å². The van der Waals surface area contributed by atoms with Crippen molar-refractivity contribution >= 4 is 28.8 Å². The second kappa shape index (κ2) is 3.88. The van der Waals surface area contributed by atoms with Crippen LogP contribution < -0.4 is 0 Å². The van der Waals surface area contributed by atoms with Gasteiger partial charge in [-0.25, -0.2) is 0 Å². The summed E-state index contributed by atoms with van der Waals surface area (Å²) in [6, 6.07) is 0. The molecule has 0 N–H and O–H groups in total. The van der Waals surface area contributed by atoms with Crippen LogP contribution in [0.5, 0.6) is 0 Å². The van der Waals surface area contributed by atoms with Gasteiger partial charge in [-0.05, 0) is 5.54 Å². The molecule has 0 aromatic heterocycles. The third-order valence-corrected chi connectivity index (χ3v) is 5.29. The van der Waals surface area contributed by atoms with Crippen LogP contribution in [0.15, 0.2) is 0 Å². The summed E-state index contributed by atoms with van der Waals surface area (Å²) >= 11 is 2.53. The fourth-order valence-electron chi connectivity index (χ4n) is 1.21. The van der Waals surface area contributed by atoms with Crippen molar-refractivity contribution in [2.75, 3.05) is 0 Å². The van der Waals surface area contributed by atoms with Crippen molar-refractivity contribution in [3.05, 3.63) is 0 Å². The van der Waals surface area contributed by atoms with E-state index in [0.717, 1.165) is 5.54 Å². The Morgan fingerprint density at radius 3 is 2.12 bits per heavy atom. The molecule has 0 heterocycles. The molecule has 0 aliphatic heterocycles. The highest BCUT2D eigenvalue weighted by molar-refractivity contribution is 14.1. The molecule has 1 fully saturated rings. The summed E-state index contributed by atoms with van der Waals surface area (Å²) in [5.41, 5.74) is 1.10. The maximum absolute atomic E-state index is 2.53. The van der Waals surface area contributed by atoms with Crippen molar-refractivity contribution < 1.29 is 0 Å². The standard InChI is InChI=1S/C6H11ISi/c7-8-6-4-2-1-3-5-6/h6H,1-5H2. The predicted molar refractivity (Wildman–Crippen MR) is 46.6 cm³/mol. The summed E-state index contributed by atoms with van der Waals surface area (Å²) in [6.45, 7) is 0. The number of halogens is 1. The Hall–Kier alpha value is 0.947. The molecule has 0 atom stereocenters. The summed E-state index contributed by atoms with van der Waals surface area (Å²) in [4.78, 5) is 0. The van der Waals surface area contributed by atoms with Crippen molar-refractivity contribution in [3.8, 4) is 0 Å². The van der Waals surface area contributed by atoms with E-state index in [-0.39, 0.29) is 0 Å². The zero-order chi connectivity index (χ0) is 5.82. The Bertz CT molecular complexity index is 59.5. The fraction of sp³-hybridized carbons (Fsp3) is 1.00. The Kier molecular flexibility index (Phi) is 3.42. The average Bonchev–Trinajstić information content (AvgIpc) is 1.90. The van der Waals surface area contributed by atoms with Crippen LogP contribution >= 0.6 is 21.8 Å². The van der Waals surface area contributed by atoms with E-state index in [4.69, 9.17) is 0 Å². The first-order valence-electron chi connectivity index (χ1n) is 3.29. The van der Waals surface area contributed by atoms with Gasteiger partial charge in [0.15, 0.2) is 0 Å². The molecule has 0 bridgehead atoms. The molecule has 1 aliphatic rings. The van der Waals surface area contributed by atoms with Gasteiger partial charge in [-0.1, -0.05) is 32.1 Å². The Morgan fingerprint density at radius 1 is 1.12 bits per heavy atom. The molecule has 8 heavy (non-hydrogen) atoms. The SMILES string of the molecule is I[Si]C1CCCCC1. The monoisotopic (exact) mass is 238 g/mol. The first-order chi connectivity index (χ1) is 3.93. The third kappa shape index (κ3) is 2.05. The maximum Gasteiger partial charge on any atom is 0.134 e. The van der Waals surface area contributed by atoms with E-state index in [1.807, 2.05) is 0 Å². The minimum atomic E-state index is 1.10. The first-order valence-corrected chi connectivity index (χ1v) is 7.49. The molecule has 0 spiro atoms. The maximum atomic E-state index is 2.53. The Labute approximate surface area is 66.5 Å². The number of hydrogen-bond donors (Lipinski definition) is 0. The summed E-state index contributed by atoms with van der Waals surface area (Å²) < 4.78 is 0. The van der Waals surface area contributed by atoms with Gasteiger partial charge in [0, 0.05) is 0 Å². The molecule has 1 aliphatic carbocycles. The Morgan fingerprint density at radius 2 is 1.75 bits per heavy atom. The van der Waals surface area contributed by atoms with E-state index in [1.54, 1.807) is 0 Å². The van der Waals surface area contributed by atoms with E-state index in [1.165, 1.54) is 39.1 Å². The minimum Gasteiger partial charge on any atom is -0.124 e. The van der Waals surface area contributed by atoms with E-state index >= 15 is 0 Å². The molecular formula is C6H11ISi. The van der Waals surface area contributed by atoms with Crippen molar-refractivity contribution in [3.63, 3.8) is 0 Å². The van der Waals surface area contributed by atoms with Crippen molar-refractivity contribution in [1.29, 1.82) is 0 Å². The second-order valence-electron chi connectivity index (χ2n) is 2.44. The lowest BCUT2D eigenvalue weighted by Gasteiger charge is -2.17. The highest BCUT2D eigenvalue weighted by atomic mass is 127. The lowest BCUT2D eigenvalue weighted by Crippen LogP contribution is -2.02. The lowest BCUT2D eigenvalue weighted by atomic mass is 10.0. The molecule has 0 unspecified atom stereocenters. The molecule has 1 rings (SSSR count). The predicted octanol–water partition coefficient (Wildman–Crippen LogP) is 2.79. The van der Waals surface area contributed by atoms with Gasteiger partial charge >= 0.3 is 0 Å². The van der Waals surface area contributed by atoms with Crippen LogP contribution in [-0.2, 0) is 0 Å².